The molecule has 2 nitrogen and oxygen atoms in total. The molecule has 0 bridgehead atoms. The summed E-state index contributed by atoms with van der Waals surface area (Å²) in [4.78, 5) is 10.3. The number of hydrogen-bond acceptors (Lipinski definition) is 1. The van der Waals surface area contributed by atoms with Crippen molar-refractivity contribution >= 4 is 19.5 Å². The van der Waals surface area contributed by atoms with Crippen LogP contribution in [0.4, 0.5) is 0 Å². The van der Waals surface area contributed by atoms with Gasteiger partial charge in [-0.1, -0.05) is 96.8 Å². The first-order chi connectivity index (χ1) is 9.77. The minimum absolute atomic E-state index is 0. The molecule has 0 fully saturated rings. The topological polar surface area (TPSA) is 37.3 Å². The number of rotatable bonds is 16. The molecule has 0 saturated carbocycles. The van der Waals surface area contributed by atoms with Crippen LogP contribution in [0, 0.1) is 0 Å². The Balaban J connectivity index is 0. The number of aliphatic carboxylic acids is 1. The highest BCUT2D eigenvalue weighted by Crippen LogP contribution is 2.13. The van der Waals surface area contributed by atoms with E-state index in [9.17, 15) is 4.79 Å². The monoisotopic (exact) mass is 318 g/mol. The van der Waals surface area contributed by atoms with E-state index >= 15 is 0 Å². The van der Waals surface area contributed by atoms with E-state index in [-0.39, 0.29) is 13.5 Å². The first-order valence-electron chi connectivity index (χ1n) is 8.99. The second kappa shape index (κ2) is 19.8. The summed E-state index contributed by atoms with van der Waals surface area (Å²) in [6.07, 6.45) is 20.2. The van der Waals surface area contributed by atoms with E-state index in [0.717, 1.165) is 12.8 Å². The minimum atomic E-state index is -0.653. The highest BCUT2D eigenvalue weighted by molar-refractivity contribution is 7.59. The summed E-state index contributed by atoms with van der Waals surface area (Å²) < 4.78 is 0. The van der Waals surface area contributed by atoms with Gasteiger partial charge < -0.3 is 5.11 Å². The third-order valence-corrected chi connectivity index (χ3v) is 3.99. The van der Waals surface area contributed by atoms with E-state index in [1.807, 2.05) is 0 Å². The van der Waals surface area contributed by atoms with E-state index in [1.165, 1.54) is 83.5 Å². The van der Waals surface area contributed by atoms with Crippen LogP contribution in [0.25, 0.3) is 0 Å². The predicted octanol–water partition coefficient (Wildman–Crippen LogP) is 6.45. The van der Waals surface area contributed by atoms with Gasteiger partial charge in [0, 0.05) is 6.42 Å². The smallest absolute Gasteiger partial charge is 0.303 e. The molecule has 0 spiro atoms. The average molecular weight is 319 g/mol. The second-order valence-electron chi connectivity index (χ2n) is 6.09. The molecule has 0 radical (unpaired) electrons. The molecule has 0 amide bonds. The van der Waals surface area contributed by atoms with Crippen molar-refractivity contribution in [2.24, 2.45) is 0 Å². The Morgan fingerprint density at radius 2 is 0.905 bits per heavy atom. The Labute approximate surface area is 139 Å². The average Bonchev–Trinajstić information content (AvgIpc) is 2.43. The molecule has 0 aromatic heterocycles. The van der Waals surface area contributed by atoms with Crippen molar-refractivity contribution in [3.8, 4) is 0 Å². The van der Waals surface area contributed by atoms with Crippen molar-refractivity contribution in [1.82, 2.24) is 0 Å². The van der Waals surface area contributed by atoms with Crippen molar-refractivity contribution in [3.05, 3.63) is 0 Å². The molecule has 0 heterocycles. The summed E-state index contributed by atoms with van der Waals surface area (Å²) in [6.45, 7) is 2.27. The van der Waals surface area contributed by atoms with Crippen LogP contribution in [0.1, 0.15) is 110 Å². The molecule has 0 aliphatic rings. The zero-order chi connectivity index (χ0) is 14.9. The molecule has 0 saturated heterocycles. The van der Waals surface area contributed by atoms with Crippen LogP contribution in [-0.2, 0) is 4.79 Å². The SMILES string of the molecule is CCCCCCCCCCCCCCCCCC(=O)O.S. The van der Waals surface area contributed by atoms with E-state index in [4.69, 9.17) is 5.11 Å². The van der Waals surface area contributed by atoms with Crippen LogP contribution >= 0.6 is 13.5 Å². The number of hydrogen-bond donors (Lipinski definition) is 1. The Hall–Kier alpha value is -0.180. The molecular formula is C18H38O2S. The minimum Gasteiger partial charge on any atom is -0.481 e. The molecule has 0 aromatic carbocycles. The van der Waals surface area contributed by atoms with Gasteiger partial charge in [0.05, 0.1) is 0 Å². The van der Waals surface area contributed by atoms with Gasteiger partial charge in [-0.05, 0) is 6.42 Å². The maximum absolute atomic E-state index is 10.3. The molecule has 0 atom stereocenters. The molecule has 21 heavy (non-hydrogen) atoms. The fourth-order valence-corrected chi connectivity index (χ4v) is 2.65. The van der Waals surface area contributed by atoms with Crippen LogP contribution in [0.3, 0.4) is 0 Å². The van der Waals surface area contributed by atoms with Gasteiger partial charge in [-0.25, -0.2) is 0 Å². The van der Waals surface area contributed by atoms with Gasteiger partial charge in [0.15, 0.2) is 0 Å². The molecule has 3 heteroatoms. The summed E-state index contributed by atoms with van der Waals surface area (Å²) in [5, 5.41) is 8.52. The van der Waals surface area contributed by atoms with Crippen LogP contribution in [0.2, 0.25) is 0 Å². The van der Waals surface area contributed by atoms with Crippen LogP contribution in [-0.4, -0.2) is 11.1 Å². The van der Waals surface area contributed by atoms with Crippen LogP contribution < -0.4 is 0 Å². The largest absolute Gasteiger partial charge is 0.481 e. The highest BCUT2D eigenvalue weighted by atomic mass is 32.1. The normalized spacial score (nSPS) is 10.3. The maximum atomic E-state index is 10.3. The van der Waals surface area contributed by atoms with Gasteiger partial charge in [-0.15, -0.1) is 0 Å². The van der Waals surface area contributed by atoms with Crippen molar-refractivity contribution in [2.75, 3.05) is 0 Å². The van der Waals surface area contributed by atoms with Crippen molar-refractivity contribution < 1.29 is 9.90 Å². The summed E-state index contributed by atoms with van der Waals surface area (Å²) >= 11 is 0. The first kappa shape index (κ1) is 23.1. The third-order valence-electron chi connectivity index (χ3n) is 3.99. The van der Waals surface area contributed by atoms with Crippen molar-refractivity contribution in [3.63, 3.8) is 0 Å². The van der Waals surface area contributed by atoms with Gasteiger partial charge in [0.2, 0.25) is 0 Å². The number of unbranched alkanes of at least 4 members (excludes halogenated alkanes) is 14. The van der Waals surface area contributed by atoms with Crippen LogP contribution in [0.5, 0.6) is 0 Å². The Kier molecular flexibility index (Phi) is 21.8. The molecular weight excluding hydrogens is 280 g/mol. The predicted molar refractivity (Wildman–Crippen MR) is 97.6 cm³/mol. The number of carboxylic acid groups (broad SMARTS) is 1. The number of carboxylic acids is 1. The second-order valence-corrected chi connectivity index (χ2v) is 6.09. The van der Waals surface area contributed by atoms with Gasteiger partial charge >= 0.3 is 5.97 Å². The van der Waals surface area contributed by atoms with Gasteiger partial charge in [-0.3, -0.25) is 4.79 Å². The lowest BCUT2D eigenvalue weighted by atomic mass is 10.0. The lowest BCUT2D eigenvalue weighted by molar-refractivity contribution is -0.137. The third kappa shape index (κ3) is 22.2. The zero-order valence-electron chi connectivity index (χ0n) is 14.2. The zero-order valence-corrected chi connectivity index (χ0v) is 15.2. The van der Waals surface area contributed by atoms with E-state index in [0.29, 0.717) is 6.42 Å². The maximum Gasteiger partial charge on any atom is 0.303 e. The lowest BCUT2D eigenvalue weighted by Gasteiger charge is -2.03. The van der Waals surface area contributed by atoms with Gasteiger partial charge in [0.1, 0.15) is 0 Å². The van der Waals surface area contributed by atoms with E-state index in [2.05, 4.69) is 6.92 Å². The molecule has 0 unspecified atom stereocenters. The van der Waals surface area contributed by atoms with Crippen molar-refractivity contribution in [2.45, 2.75) is 110 Å². The molecule has 0 aliphatic heterocycles. The molecule has 0 rings (SSSR count). The Morgan fingerprint density at radius 3 is 1.19 bits per heavy atom. The van der Waals surface area contributed by atoms with Gasteiger partial charge in [-0.2, -0.15) is 13.5 Å². The molecule has 128 valence electrons. The van der Waals surface area contributed by atoms with E-state index in [1.54, 1.807) is 0 Å². The summed E-state index contributed by atoms with van der Waals surface area (Å²) in [7, 11) is 0. The quantitative estimate of drug-likeness (QED) is 0.332. The van der Waals surface area contributed by atoms with Gasteiger partial charge in [0.25, 0.3) is 0 Å². The lowest BCUT2D eigenvalue weighted by Crippen LogP contribution is -1.93. The molecule has 0 aromatic rings. The Bertz CT molecular complexity index is 207. The molecule has 1 N–H and O–H groups in total. The highest BCUT2D eigenvalue weighted by Gasteiger charge is 1.97. The number of carbonyl (C=O) groups is 1. The first-order valence-corrected chi connectivity index (χ1v) is 8.99. The summed E-state index contributed by atoms with van der Waals surface area (Å²) in [5.74, 6) is -0.653. The summed E-state index contributed by atoms with van der Waals surface area (Å²) in [5.41, 5.74) is 0. The standard InChI is InChI=1S/C18H36O2.H2S/c1-2-3-4-5-6-7-8-9-10-11-12-13-14-15-16-17-18(19)20;/h2-17H2,1H3,(H,19,20);1H2. The van der Waals surface area contributed by atoms with E-state index < -0.39 is 5.97 Å². The summed E-state index contributed by atoms with van der Waals surface area (Å²) in [6, 6.07) is 0. The van der Waals surface area contributed by atoms with Crippen LogP contribution in [0.15, 0.2) is 0 Å². The fourth-order valence-electron chi connectivity index (χ4n) is 2.65. The fraction of sp³-hybridized carbons (Fsp3) is 0.944. The molecule has 0 aliphatic carbocycles. The van der Waals surface area contributed by atoms with Crippen molar-refractivity contribution in [1.29, 1.82) is 0 Å². The Morgan fingerprint density at radius 1 is 0.619 bits per heavy atom.